The number of carbonyl (C=O) groups is 1. The van der Waals surface area contributed by atoms with Crippen LogP contribution in [0, 0.1) is 13.8 Å². The van der Waals surface area contributed by atoms with Crippen molar-refractivity contribution in [2.24, 2.45) is 0 Å². The van der Waals surface area contributed by atoms with E-state index in [0.29, 0.717) is 11.4 Å². The fourth-order valence-corrected chi connectivity index (χ4v) is 1.69. The summed E-state index contributed by atoms with van der Waals surface area (Å²) in [5.74, 6) is 0.304. The van der Waals surface area contributed by atoms with Crippen molar-refractivity contribution >= 4 is 11.6 Å². The molecule has 0 aromatic heterocycles. The van der Waals surface area contributed by atoms with E-state index in [-0.39, 0.29) is 5.91 Å². The van der Waals surface area contributed by atoms with Crippen LogP contribution in [0.5, 0.6) is 5.75 Å². The summed E-state index contributed by atoms with van der Waals surface area (Å²) in [5, 5.41) is 8.84. The molecule has 0 bridgehead atoms. The molecule has 1 N–H and O–H groups in total. The lowest BCUT2D eigenvalue weighted by Crippen LogP contribution is -2.29. The van der Waals surface area contributed by atoms with Crippen molar-refractivity contribution in [1.82, 2.24) is 0 Å². The van der Waals surface area contributed by atoms with Crippen molar-refractivity contribution in [2.45, 2.75) is 13.8 Å². The molecular formula is C12H17NO3. The maximum atomic E-state index is 11.4. The van der Waals surface area contributed by atoms with Gasteiger partial charge in [-0.15, -0.1) is 0 Å². The highest BCUT2D eigenvalue weighted by Crippen LogP contribution is 2.32. The van der Waals surface area contributed by atoms with E-state index in [9.17, 15) is 4.79 Å². The van der Waals surface area contributed by atoms with Crippen LogP contribution in [0.15, 0.2) is 12.1 Å². The Hall–Kier alpha value is -1.55. The molecule has 0 saturated heterocycles. The summed E-state index contributed by atoms with van der Waals surface area (Å²) in [6, 6.07) is 3.85. The van der Waals surface area contributed by atoms with Gasteiger partial charge in [0.2, 0.25) is 0 Å². The van der Waals surface area contributed by atoms with Crippen molar-refractivity contribution in [3.8, 4) is 5.75 Å². The van der Waals surface area contributed by atoms with E-state index in [2.05, 4.69) is 0 Å². The second-order valence-electron chi connectivity index (χ2n) is 3.75. The number of aryl methyl sites for hydroxylation is 2. The van der Waals surface area contributed by atoms with Gasteiger partial charge in [-0.2, -0.15) is 0 Å². The molecule has 0 atom stereocenters. The normalized spacial score (nSPS) is 10.1. The van der Waals surface area contributed by atoms with Crippen LogP contribution in [0.2, 0.25) is 0 Å². The first kappa shape index (κ1) is 12.5. The zero-order chi connectivity index (χ0) is 12.3. The highest BCUT2D eigenvalue weighted by molar-refractivity contribution is 5.95. The first-order chi connectivity index (χ1) is 7.51. The Morgan fingerprint density at radius 3 is 2.56 bits per heavy atom. The van der Waals surface area contributed by atoms with E-state index in [0.717, 1.165) is 11.1 Å². The number of hydrogen-bond acceptors (Lipinski definition) is 3. The van der Waals surface area contributed by atoms with Crippen molar-refractivity contribution in [3.05, 3.63) is 23.3 Å². The number of aliphatic hydroxyl groups is 1. The largest absolute Gasteiger partial charge is 0.494 e. The Morgan fingerprint density at radius 1 is 1.44 bits per heavy atom. The molecule has 0 spiro atoms. The van der Waals surface area contributed by atoms with Crippen molar-refractivity contribution in [1.29, 1.82) is 0 Å². The molecule has 0 saturated carbocycles. The van der Waals surface area contributed by atoms with Crippen molar-refractivity contribution in [2.75, 3.05) is 25.7 Å². The number of rotatable bonds is 3. The second kappa shape index (κ2) is 4.99. The van der Waals surface area contributed by atoms with Crippen LogP contribution in [0.25, 0.3) is 0 Å². The summed E-state index contributed by atoms with van der Waals surface area (Å²) >= 11 is 0. The number of aliphatic hydroxyl groups excluding tert-OH is 1. The number of carbonyl (C=O) groups excluding carboxylic acids is 1. The molecule has 0 aliphatic rings. The number of methoxy groups -OCH3 is 1. The lowest BCUT2D eigenvalue weighted by Gasteiger charge is -2.21. The van der Waals surface area contributed by atoms with Crippen LogP contribution < -0.4 is 9.64 Å². The highest BCUT2D eigenvalue weighted by atomic mass is 16.5. The number of hydrogen-bond donors (Lipinski definition) is 1. The number of amides is 1. The van der Waals surface area contributed by atoms with Gasteiger partial charge in [-0.05, 0) is 31.0 Å². The number of likely N-dealkylation sites (N-methyl/N-ethyl adjacent to an activating group) is 1. The minimum absolute atomic E-state index is 0.358. The molecule has 1 aromatic carbocycles. The SMILES string of the molecule is COc1c(C)cc(C)cc1N(C)C(=O)CO. The maximum Gasteiger partial charge on any atom is 0.252 e. The number of benzene rings is 1. The molecule has 4 heteroatoms. The molecule has 16 heavy (non-hydrogen) atoms. The molecule has 4 nitrogen and oxygen atoms in total. The Balaban J connectivity index is 3.25. The summed E-state index contributed by atoms with van der Waals surface area (Å²) in [6.45, 7) is 3.37. The quantitative estimate of drug-likeness (QED) is 0.839. The van der Waals surface area contributed by atoms with E-state index >= 15 is 0 Å². The van der Waals surface area contributed by atoms with Gasteiger partial charge in [-0.25, -0.2) is 0 Å². The van der Waals surface area contributed by atoms with Crippen LogP contribution in [-0.4, -0.2) is 31.8 Å². The van der Waals surface area contributed by atoms with Crippen molar-refractivity contribution < 1.29 is 14.6 Å². The molecule has 0 aliphatic heterocycles. The highest BCUT2D eigenvalue weighted by Gasteiger charge is 2.16. The van der Waals surface area contributed by atoms with E-state index in [4.69, 9.17) is 9.84 Å². The minimum atomic E-state index is -0.507. The first-order valence-corrected chi connectivity index (χ1v) is 5.04. The zero-order valence-corrected chi connectivity index (χ0v) is 10.1. The Labute approximate surface area is 95.5 Å². The molecule has 0 unspecified atom stereocenters. The summed E-state index contributed by atoms with van der Waals surface area (Å²) in [6.07, 6.45) is 0. The molecule has 1 amide bonds. The van der Waals surface area contributed by atoms with E-state index in [1.807, 2.05) is 26.0 Å². The predicted octanol–water partition coefficient (Wildman–Crippen LogP) is 1.27. The van der Waals surface area contributed by atoms with Gasteiger partial charge in [0.25, 0.3) is 5.91 Å². The summed E-state index contributed by atoms with van der Waals surface area (Å²) < 4.78 is 5.27. The van der Waals surface area contributed by atoms with Gasteiger partial charge < -0.3 is 14.7 Å². The molecule has 88 valence electrons. The van der Waals surface area contributed by atoms with Gasteiger partial charge in [0.15, 0.2) is 0 Å². The summed E-state index contributed by atoms with van der Waals surface area (Å²) in [7, 11) is 3.19. The Bertz CT molecular complexity index is 401. The third-order valence-corrected chi connectivity index (χ3v) is 2.47. The monoisotopic (exact) mass is 223 g/mol. The minimum Gasteiger partial charge on any atom is -0.494 e. The molecular weight excluding hydrogens is 206 g/mol. The second-order valence-corrected chi connectivity index (χ2v) is 3.75. The van der Waals surface area contributed by atoms with Crippen LogP contribution in [0.1, 0.15) is 11.1 Å². The number of ether oxygens (including phenoxy) is 1. The van der Waals surface area contributed by atoms with Gasteiger partial charge in [0.05, 0.1) is 12.8 Å². The van der Waals surface area contributed by atoms with Crippen LogP contribution in [0.4, 0.5) is 5.69 Å². The third-order valence-electron chi connectivity index (χ3n) is 2.47. The van der Waals surface area contributed by atoms with E-state index in [1.165, 1.54) is 4.90 Å². The predicted molar refractivity (Wildman–Crippen MR) is 63.0 cm³/mol. The van der Waals surface area contributed by atoms with Gasteiger partial charge in [0.1, 0.15) is 12.4 Å². The van der Waals surface area contributed by atoms with Crippen molar-refractivity contribution in [3.63, 3.8) is 0 Å². The number of nitrogens with zero attached hydrogens (tertiary/aromatic N) is 1. The molecule has 0 heterocycles. The van der Waals surface area contributed by atoms with Gasteiger partial charge >= 0.3 is 0 Å². The molecule has 1 aromatic rings. The molecule has 0 fully saturated rings. The zero-order valence-electron chi connectivity index (χ0n) is 10.1. The average molecular weight is 223 g/mol. The van der Waals surface area contributed by atoms with Crippen LogP contribution >= 0.6 is 0 Å². The maximum absolute atomic E-state index is 11.4. The smallest absolute Gasteiger partial charge is 0.252 e. The van der Waals surface area contributed by atoms with Gasteiger partial charge in [-0.1, -0.05) is 6.07 Å². The van der Waals surface area contributed by atoms with Gasteiger partial charge in [-0.3, -0.25) is 4.79 Å². The first-order valence-electron chi connectivity index (χ1n) is 5.04. The fraction of sp³-hybridized carbons (Fsp3) is 0.417. The molecule has 1 rings (SSSR count). The summed E-state index contributed by atoms with van der Waals surface area (Å²) in [4.78, 5) is 12.8. The Kier molecular flexibility index (Phi) is 3.90. The molecule has 0 radical (unpaired) electrons. The third kappa shape index (κ3) is 2.33. The Morgan fingerprint density at radius 2 is 2.06 bits per heavy atom. The summed E-state index contributed by atoms with van der Waals surface area (Å²) in [5.41, 5.74) is 2.69. The van der Waals surface area contributed by atoms with Crippen LogP contribution in [0.3, 0.4) is 0 Å². The lowest BCUT2D eigenvalue weighted by molar-refractivity contribution is -0.120. The number of anilines is 1. The van der Waals surface area contributed by atoms with Gasteiger partial charge in [0, 0.05) is 7.05 Å². The topological polar surface area (TPSA) is 49.8 Å². The standard InChI is InChI=1S/C12H17NO3/c1-8-5-9(2)12(16-4)10(6-8)13(3)11(15)7-14/h5-6,14H,7H2,1-4H3. The average Bonchev–Trinajstić information content (AvgIpc) is 2.26. The van der Waals surface area contributed by atoms with E-state index < -0.39 is 6.61 Å². The lowest BCUT2D eigenvalue weighted by atomic mass is 10.1. The van der Waals surface area contributed by atoms with Crippen LogP contribution in [-0.2, 0) is 4.79 Å². The molecule has 0 aliphatic carbocycles. The van der Waals surface area contributed by atoms with E-state index in [1.54, 1.807) is 14.2 Å². The fourth-order valence-electron chi connectivity index (χ4n) is 1.69.